The standard InChI is InChI=1S/C26H31N5O5/c1-6-22(32)24(31-30-21-16-12-10-14-19(21)26(34)36-8-3)23(27-5)17(4)28-29-20-15-11-9-13-18(20)25(33)35-7-2/h9-16,29-30H,6-8H2,1-5H3/b27-23?,28-17+,31-24+. The third-order valence-electron chi connectivity index (χ3n) is 4.85. The number of Topliss-reactive ketones (excluding diaryl/α,β-unsaturated/α-hetero) is 1. The molecule has 0 saturated carbocycles. The van der Waals surface area contributed by atoms with Crippen molar-refractivity contribution in [3.63, 3.8) is 0 Å². The van der Waals surface area contributed by atoms with Gasteiger partial charge in [-0.2, -0.15) is 10.2 Å². The van der Waals surface area contributed by atoms with Crippen LogP contribution in [0.1, 0.15) is 54.8 Å². The van der Waals surface area contributed by atoms with Crippen LogP contribution < -0.4 is 10.9 Å². The first-order valence-electron chi connectivity index (χ1n) is 11.5. The van der Waals surface area contributed by atoms with Crippen molar-refractivity contribution in [1.82, 2.24) is 0 Å². The molecule has 2 aromatic carbocycles. The van der Waals surface area contributed by atoms with E-state index in [1.807, 2.05) is 0 Å². The number of esters is 2. The van der Waals surface area contributed by atoms with Crippen molar-refractivity contribution in [2.45, 2.75) is 34.1 Å². The van der Waals surface area contributed by atoms with Gasteiger partial charge in [0.1, 0.15) is 5.71 Å². The number of nitrogens with zero attached hydrogens (tertiary/aromatic N) is 3. The maximum atomic E-state index is 12.8. The minimum absolute atomic E-state index is 0.0420. The molecule has 0 aromatic heterocycles. The topological polar surface area (TPSA) is 131 Å². The van der Waals surface area contributed by atoms with Gasteiger partial charge >= 0.3 is 11.9 Å². The van der Waals surface area contributed by atoms with Gasteiger partial charge in [-0.1, -0.05) is 31.2 Å². The lowest BCUT2D eigenvalue weighted by Gasteiger charge is -2.12. The first-order chi connectivity index (χ1) is 17.4. The molecule has 10 nitrogen and oxygen atoms in total. The van der Waals surface area contributed by atoms with Crippen LogP contribution >= 0.6 is 0 Å². The van der Waals surface area contributed by atoms with Crippen LogP contribution in [0.5, 0.6) is 0 Å². The summed E-state index contributed by atoms with van der Waals surface area (Å²) in [6.07, 6.45) is 0.172. The van der Waals surface area contributed by atoms with Gasteiger partial charge in [-0.15, -0.1) is 0 Å². The van der Waals surface area contributed by atoms with Crippen molar-refractivity contribution in [3.05, 3.63) is 59.7 Å². The van der Waals surface area contributed by atoms with Gasteiger partial charge in [0.15, 0.2) is 11.5 Å². The van der Waals surface area contributed by atoms with E-state index in [1.54, 1.807) is 76.2 Å². The number of benzene rings is 2. The molecule has 0 unspecified atom stereocenters. The maximum absolute atomic E-state index is 12.8. The molecule has 36 heavy (non-hydrogen) atoms. The van der Waals surface area contributed by atoms with Crippen molar-refractivity contribution in [3.8, 4) is 0 Å². The van der Waals surface area contributed by atoms with Gasteiger partial charge in [0, 0.05) is 13.5 Å². The highest BCUT2D eigenvalue weighted by Crippen LogP contribution is 2.18. The van der Waals surface area contributed by atoms with Crippen LogP contribution in [0, 0.1) is 0 Å². The summed E-state index contributed by atoms with van der Waals surface area (Å²) in [5.74, 6) is -1.27. The van der Waals surface area contributed by atoms with Gasteiger partial charge in [-0.25, -0.2) is 9.59 Å². The Kier molecular flexibility index (Phi) is 11.0. The Labute approximate surface area is 210 Å². The van der Waals surface area contributed by atoms with E-state index in [1.165, 1.54) is 7.05 Å². The number of nitrogens with one attached hydrogen (secondary N) is 2. The zero-order valence-electron chi connectivity index (χ0n) is 21.1. The Bertz CT molecular complexity index is 1190. The number of carbonyl (C=O) groups excluding carboxylic acids is 3. The smallest absolute Gasteiger partial charge is 0.340 e. The second kappa shape index (κ2) is 14.1. The number of anilines is 2. The molecule has 190 valence electrons. The normalized spacial score (nSPS) is 12.1. The predicted molar refractivity (Wildman–Crippen MR) is 141 cm³/mol. The maximum Gasteiger partial charge on any atom is 0.340 e. The number of hydrazone groups is 2. The molecule has 2 N–H and O–H groups in total. The molecule has 0 atom stereocenters. The number of ether oxygens (including phenoxy) is 2. The van der Waals surface area contributed by atoms with Gasteiger partial charge in [-0.3, -0.25) is 20.6 Å². The van der Waals surface area contributed by atoms with E-state index in [4.69, 9.17) is 9.47 Å². The predicted octanol–water partition coefficient (Wildman–Crippen LogP) is 4.35. The molecule has 0 fully saturated rings. The molecule has 0 spiro atoms. The molecule has 0 aliphatic carbocycles. The highest BCUT2D eigenvalue weighted by molar-refractivity contribution is 6.81. The highest BCUT2D eigenvalue weighted by Gasteiger charge is 2.21. The largest absolute Gasteiger partial charge is 0.462 e. The van der Waals surface area contributed by atoms with Crippen molar-refractivity contribution >= 4 is 46.2 Å². The number of rotatable bonds is 12. The van der Waals surface area contributed by atoms with E-state index >= 15 is 0 Å². The van der Waals surface area contributed by atoms with Gasteiger partial charge in [-0.05, 0) is 45.0 Å². The first kappa shape index (κ1) is 27.9. The Morgan fingerprint density at radius 1 is 0.750 bits per heavy atom. The summed E-state index contributed by atoms with van der Waals surface area (Å²) in [6.45, 7) is 7.28. The van der Waals surface area contributed by atoms with Crippen LogP contribution in [0.25, 0.3) is 0 Å². The third-order valence-corrected chi connectivity index (χ3v) is 4.85. The molecule has 0 saturated heterocycles. The number of aliphatic imine (C=N–C) groups is 1. The van der Waals surface area contributed by atoms with E-state index in [0.717, 1.165) is 0 Å². The summed E-state index contributed by atoms with van der Waals surface area (Å²) in [6, 6.07) is 13.5. The zero-order chi connectivity index (χ0) is 26.5. The fourth-order valence-corrected chi connectivity index (χ4v) is 3.10. The first-order valence-corrected chi connectivity index (χ1v) is 11.5. The van der Waals surface area contributed by atoms with Crippen molar-refractivity contribution < 1.29 is 23.9 Å². The highest BCUT2D eigenvalue weighted by atomic mass is 16.5. The van der Waals surface area contributed by atoms with Crippen LogP contribution in [0.15, 0.2) is 63.7 Å². The van der Waals surface area contributed by atoms with E-state index in [0.29, 0.717) is 22.6 Å². The quantitative estimate of drug-likeness (QED) is 0.255. The summed E-state index contributed by atoms with van der Waals surface area (Å²) in [4.78, 5) is 41.5. The monoisotopic (exact) mass is 493 g/mol. The zero-order valence-corrected chi connectivity index (χ0v) is 21.1. The van der Waals surface area contributed by atoms with Gasteiger partial charge in [0.25, 0.3) is 0 Å². The third kappa shape index (κ3) is 7.33. The summed E-state index contributed by atoms with van der Waals surface area (Å²) in [7, 11) is 1.52. The Morgan fingerprint density at radius 2 is 1.22 bits per heavy atom. The number of hydrogen-bond donors (Lipinski definition) is 2. The Balaban J connectivity index is 2.37. The SMILES string of the molecule is CCOC(=O)c1ccccc1N/N=C(\C(=O)CC)C(=NC)/C(C)=N/Nc1ccccc1C(=O)OCC. The second-order valence-corrected chi connectivity index (χ2v) is 7.26. The van der Waals surface area contributed by atoms with E-state index in [2.05, 4.69) is 26.0 Å². The lowest BCUT2D eigenvalue weighted by molar-refractivity contribution is -0.112. The number of ketones is 1. The average Bonchev–Trinajstić information content (AvgIpc) is 2.89. The summed E-state index contributed by atoms with van der Waals surface area (Å²) in [5.41, 5.74) is 7.71. The molecule has 2 rings (SSSR count). The fourth-order valence-electron chi connectivity index (χ4n) is 3.10. The van der Waals surface area contributed by atoms with Crippen LogP contribution in [0.3, 0.4) is 0 Å². The number of para-hydroxylation sites is 2. The molecule has 0 radical (unpaired) electrons. The van der Waals surface area contributed by atoms with E-state index in [9.17, 15) is 14.4 Å². The second-order valence-electron chi connectivity index (χ2n) is 7.26. The van der Waals surface area contributed by atoms with Crippen molar-refractivity contribution in [2.24, 2.45) is 15.2 Å². The Morgan fingerprint density at radius 3 is 1.67 bits per heavy atom. The van der Waals surface area contributed by atoms with Crippen molar-refractivity contribution in [1.29, 1.82) is 0 Å². The lowest BCUT2D eigenvalue weighted by atomic mass is 10.1. The summed E-state index contributed by atoms with van der Waals surface area (Å²) >= 11 is 0. The number of carbonyl (C=O) groups is 3. The van der Waals surface area contributed by atoms with Crippen molar-refractivity contribution in [2.75, 3.05) is 31.1 Å². The van der Waals surface area contributed by atoms with E-state index in [-0.39, 0.29) is 42.4 Å². The molecule has 0 aliphatic heterocycles. The van der Waals surface area contributed by atoms with Gasteiger partial charge in [0.2, 0.25) is 0 Å². The molecule has 2 aromatic rings. The van der Waals surface area contributed by atoms with Crippen LogP contribution in [-0.4, -0.2) is 55.1 Å². The summed E-state index contributed by atoms with van der Waals surface area (Å²) < 4.78 is 10.2. The minimum atomic E-state index is -0.509. The molecule has 0 aliphatic rings. The van der Waals surface area contributed by atoms with Crippen LogP contribution in [0.4, 0.5) is 11.4 Å². The molecular weight excluding hydrogens is 462 g/mol. The molecule has 10 heteroatoms. The number of hydrogen-bond acceptors (Lipinski definition) is 10. The molecular formula is C26H31N5O5. The van der Waals surface area contributed by atoms with Crippen LogP contribution in [0.2, 0.25) is 0 Å². The molecule has 0 amide bonds. The van der Waals surface area contributed by atoms with Crippen LogP contribution in [-0.2, 0) is 14.3 Å². The average molecular weight is 494 g/mol. The lowest BCUT2D eigenvalue weighted by Crippen LogP contribution is -2.31. The molecule has 0 bridgehead atoms. The Hall–Kier alpha value is -4.34. The van der Waals surface area contributed by atoms with E-state index < -0.39 is 11.9 Å². The fraction of sp³-hybridized carbons (Fsp3) is 0.308. The summed E-state index contributed by atoms with van der Waals surface area (Å²) in [5, 5.41) is 8.61. The van der Waals surface area contributed by atoms with Gasteiger partial charge < -0.3 is 9.47 Å². The van der Waals surface area contributed by atoms with Gasteiger partial charge in [0.05, 0.1) is 41.4 Å². The minimum Gasteiger partial charge on any atom is -0.462 e. The molecule has 0 heterocycles.